The van der Waals surface area contributed by atoms with Crippen molar-refractivity contribution in [3.63, 3.8) is 0 Å². The highest BCUT2D eigenvalue weighted by atomic mass is 16.1. The molecule has 1 heterocycles. The molecular formula is C17H25N5O. The summed E-state index contributed by atoms with van der Waals surface area (Å²) in [6, 6.07) is 7.48. The first-order valence-corrected chi connectivity index (χ1v) is 7.89. The van der Waals surface area contributed by atoms with Gasteiger partial charge in [0.15, 0.2) is 5.82 Å². The summed E-state index contributed by atoms with van der Waals surface area (Å²) in [5.74, 6) is 1.30. The highest BCUT2D eigenvalue weighted by Gasteiger charge is 2.11. The maximum Gasteiger partial charge on any atom is 0.224 e. The minimum absolute atomic E-state index is 0.0466. The van der Waals surface area contributed by atoms with E-state index in [9.17, 15) is 4.79 Å². The summed E-state index contributed by atoms with van der Waals surface area (Å²) in [4.78, 5) is 16.2. The van der Waals surface area contributed by atoms with E-state index in [2.05, 4.69) is 41.3 Å². The average molecular weight is 315 g/mol. The Morgan fingerprint density at radius 1 is 1.26 bits per heavy atom. The summed E-state index contributed by atoms with van der Waals surface area (Å²) in [5, 5.41) is 9.80. The molecule has 1 aromatic heterocycles. The molecule has 6 nitrogen and oxygen atoms in total. The molecule has 0 spiro atoms. The van der Waals surface area contributed by atoms with Crippen molar-refractivity contribution >= 4 is 11.6 Å². The van der Waals surface area contributed by atoms with Gasteiger partial charge >= 0.3 is 0 Å². The normalized spacial score (nSPS) is 11.5. The first-order valence-electron chi connectivity index (χ1n) is 7.89. The summed E-state index contributed by atoms with van der Waals surface area (Å²) < 4.78 is 0. The molecule has 6 heteroatoms. The van der Waals surface area contributed by atoms with Crippen LogP contribution in [0.15, 0.2) is 24.3 Å². The Labute approximate surface area is 136 Å². The summed E-state index contributed by atoms with van der Waals surface area (Å²) in [7, 11) is 0. The van der Waals surface area contributed by atoms with Crippen LogP contribution in [0.2, 0.25) is 0 Å². The van der Waals surface area contributed by atoms with Crippen LogP contribution < -0.4 is 11.1 Å². The lowest BCUT2D eigenvalue weighted by atomic mass is 9.90. The Balaban J connectivity index is 1.88. The van der Waals surface area contributed by atoms with E-state index in [1.54, 1.807) is 0 Å². The van der Waals surface area contributed by atoms with Crippen LogP contribution in [0.3, 0.4) is 0 Å². The third-order valence-corrected chi connectivity index (χ3v) is 3.48. The van der Waals surface area contributed by atoms with Crippen molar-refractivity contribution in [3.05, 3.63) is 30.1 Å². The minimum atomic E-state index is 0.0466. The minimum Gasteiger partial charge on any atom is -0.326 e. The Hall–Kier alpha value is -2.21. The SMILES string of the molecule is CC(C)(C)CCCC(=O)Nc1ccc(-c2n[nH]c(CN)n2)cc1. The van der Waals surface area contributed by atoms with E-state index < -0.39 is 0 Å². The van der Waals surface area contributed by atoms with Crippen LogP contribution in [0.4, 0.5) is 5.69 Å². The van der Waals surface area contributed by atoms with Crippen LogP contribution in [0.25, 0.3) is 11.4 Å². The molecule has 0 unspecified atom stereocenters. The zero-order valence-corrected chi connectivity index (χ0v) is 14.0. The Kier molecular flexibility index (Phi) is 5.50. The molecule has 0 aliphatic heterocycles. The molecule has 0 saturated carbocycles. The van der Waals surface area contributed by atoms with Gasteiger partial charge in [0.25, 0.3) is 0 Å². The lowest BCUT2D eigenvalue weighted by molar-refractivity contribution is -0.116. The van der Waals surface area contributed by atoms with Crippen LogP contribution >= 0.6 is 0 Å². The van der Waals surface area contributed by atoms with Crippen LogP contribution in [0.1, 0.15) is 45.9 Å². The molecule has 1 aromatic carbocycles. The van der Waals surface area contributed by atoms with Crippen molar-refractivity contribution in [2.45, 2.75) is 46.6 Å². The van der Waals surface area contributed by atoms with Gasteiger partial charge in [-0.15, -0.1) is 0 Å². The number of anilines is 1. The molecule has 2 rings (SSSR count). The standard InChI is InChI=1S/C17H25N5O/c1-17(2,3)10-4-5-15(23)19-13-8-6-12(7-9-13)16-20-14(11-18)21-22-16/h6-9H,4-5,10-11,18H2,1-3H3,(H,19,23)(H,20,21,22). The molecule has 0 saturated heterocycles. The molecule has 0 bridgehead atoms. The van der Waals surface area contributed by atoms with E-state index in [1.807, 2.05) is 24.3 Å². The number of carbonyl (C=O) groups is 1. The summed E-state index contributed by atoms with van der Waals surface area (Å²) in [6.07, 6.45) is 2.47. The molecule has 0 aliphatic rings. The smallest absolute Gasteiger partial charge is 0.224 e. The van der Waals surface area contributed by atoms with Crippen molar-refractivity contribution in [3.8, 4) is 11.4 Å². The lowest BCUT2D eigenvalue weighted by Crippen LogP contribution is -2.13. The lowest BCUT2D eigenvalue weighted by Gasteiger charge is -2.17. The molecular weight excluding hydrogens is 290 g/mol. The topological polar surface area (TPSA) is 96.7 Å². The average Bonchev–Trinajstić information content (AvgIpc) is 2.95. The highest BCUT2D eigenvalue weighted by molar-refractivity contribution is 5.90. The molecule has 124 valence electrons. The monoisotopic (exact) mass is 315 g/mol. The van der Waals surface area contributed by atoms with E-state index in [4.69, 9.17) is 5.73 Å². The zero-order valence-electron chi connectivity index (χ0n) is 14.0. The second-order valence-electron chi connectivity index (χ2n) is 6.85. The molecule has 0 atom stereocenters. The Morgan fingerprint density at radius 2 is 1.96 bits per heavy atom. The maximum absolute atomic E-state index is 11.9. The number of hydrogen-bond acceptors (Lipinski definition) is 4. The van der Waals surface area contributed by atoms with Crippen LogP contribution in [-0.4, -0.2) is 21.1 Å². The van der Waals surface area contributed by atoms with Crippen LogP contribution in [0, 0.1) is 5.41 Å². The second-order valence-corrected chi connectivity index (χ2v) is 6.85. The van der Waals surface area contributed by atoms with Gasteiger partial charge in [-0.1, -0.05) is 20.8 Å². The fourth-order valence-corrected chi connectivity index (χ4v) is 2.22. The molecule has 2 aromatic rings. The van der Waals surface area contributed by atoms with Crippen molar-refractivity contribution in [2.75, 3.05) is 5.32 Å². The Morgan fingerprint density at radius 3 is 2.52 bits per heavy atom. The molecule has 0 radical (unpaired) electrons. The highest BCUT2D eigenvalue weighted by Crippen LogP contribution is 2.22. The number of hydrogen-bond donors (Lipinski definition) is 3. The molecule has 0 aliphatic carbocycles. The summed E-state index contributed by atoms with van der Waals surface area (Å²) in [6.45, 7) is 6.88. The van der Waals surface area contributed by atoms with Gasteiger partial charge < -0.3 is 11.1 Å². The Bertz CT molecular complexity index is 640. The number of aromatic amines is 1. The van der Waals surface area contributed by atoms with Crippen molar-refractivity contribution < 1.29 is 4.79 Å². The van der Waals surface area contributed by atoms with Gasteiger partial charge in [0, 0.05) is 17.7 Å². The number of nitrogens with zero attached hydrogens (tertiary/aromatic N) is 2. The third kappa shape index (κ3) is 5.49. The van der Waals surface area contributed by atoms with Gasteiger partial charge in [0.1, 0.15) is 5.82 Å². The van der Waals surface area contributed by atoms with Crippen LogP contribution in [0.5, 0.6) is 0 Å². The van der Waals surface area contributed by atoms with Gasteiger partial charge in [-0.2, -0.15) is 5.10 Å². The number of H-pyrrole nitrogens is 1. The predicted molar refractivity (Wildman–Crippen MR) is 91.6 cm³/mol. The molecule has 0 fully saturated rings. The van der Waals surface area contributed by atoms with E-state index in [0.29, 0.717) is 24.6 Å². The van der Waals surface area contributed by atoms with Crippen LogP contribution in [-0.2, 0) is 11.3 Å². The number of nitrogens with two attached hydrogens (primary N) is 1. The number of benzene rings is 1. The number of carbonyl (C=O) groups excluding carboxylic acids is 1. The summed E-state index contributed by atoms with van der Waals surface area (Å²) in [5.41, 5.74) is 7.43. The first kappa shape index (κ1) is 17.1. The van der Waals surface area contributed by atoms with Gasteiger partial charge in [-0.25, -0.2) is 4.98 Å². The van der Waals surface area contributed by atoms with Gasteiger partial charge in [-0.3, -0.25) is 9.89 Å². The zero-order chi connectivity index (χ0) is 16.9. The number of nitrogens with one attached hydrogen (secondary N) is 2. The number of aromatic nitrogens is 3. The van der Waals surface area contributed by atoms with E-state index >= 15 is 0 Å². The van der Waals surface area contributed by atoms with E-state index in [1.165, 1.54) is 0 Å². The van der Waals surface area contributed by atoms with Gasteiger partial charge in [0.05, 0.1) is 6.54 Å². The quantitative estimate of drug-likeness (QED) is 0.763. The van der Waals surface area contributed by atoms with Crippen molar-refractivity contribution in [2.24, 2.45) is 11.1 Å². The van der Waals surface area contributed by atoms with Crippen molar-refractivity contribution in [1.82, 2.24) is 15.2 Å². The predicted octanol–water partition coefficient (Wildman–Crippen LogP) is 3.09. The third-order valence-electron chi connectivity index (χ3n) is 3.48. The first-order chi connectivity index (χ1) is 10.9. The number of amides is 1. The summed E-state index contributed by atoms with van der Waals surface area (Å²) >= 11 is 0. The fraction of sp³-hybridized carbons (Fsp3) is 0.471. The largest absolute Gasteiger partial charge is 0.326 e. The molecule has 4 N–H and O–H groups in total. The fourth-order valence-electron chi connectivity index (χ4n) is 2.22. The van der Waals surface area contributed by atoms with Gasteiger partial charge in [0.2, 0.25) is 5.91 Å². The van der Waals surface area contributed by atoms with E-state index in [0.717, 1.165) is 24.1 Å². The maximum atomic E-state index is 11.9. The second kappa shape index (κ2) is 7.37. The van der Waals surface area contributed by atoms with Crippen molar-refractivity contribution in [1.29, 1.82) is 0 Å². The molecule has 23 heavy (non-hydrogen) atoms. The number of rotatable bonds is 6. The van der Waals surface area contributed by atoms with Gasteiger partial charge in [-0.05, 0) is 42.5 Å². The molecule has 1 amide bonds. The van der Waals surface area contributed by atoms with E-state index in [-0.39, 0.29) is 11.3 Å².